The predicted molar refractivity (Wildman–Crippen MR) is 96.0 cm³/mol. The van der Waals surface area contributed by atoms with E-state index < -0.39 is 23.9 Å². The Kier molecular flexibility index (Phi) is 5.71. The molecule has 0 saturated heterocycles. The number of rotatable bonds is 8. The van der Waals surface area contributed by atoms with Crippen LogP contribution < -0.4 is 19.5 Å². The van der Waals surface area contributed by atoms with Crippen molar-refractivity contribution < 1.29 is 28.6 Å². The van der Waals surface area contributed by atoms with Crippen LogP contribution in [0.3, 0.4) is 0 Å². The fraction of sp³-hybridized carbons (Fsp3) is 0.250. The molecule has 2 aromatic rings. The van der Waals surface area contributed by atoms with Gasteiger partial charge in [-0.2, -0.15) is 0 Å². The van der Waals surface area contributed by atoms with Gasteiger partial charge in [0, 0.05) is 12.1 Å². The van der Waals surface area contributed by atoms with Crippen molar-refractivity contribution in [2.45, 2.75) is 19.9 Å². The molecule has 1 N–H and O–H groups in total. The number of ether oxygens (including phenoxy) is 3. The minimum atomic E-state index is -0.799. The Labute approximate surface area is 156 Å². The van der Waals surface area contributed by atoms with E-state index in [1.165, 1.54) is 0 Å². The van der Waals surface area contributed by atoms with E-state index in [0.717, 1.165) is 5.56 Å². The van der Waals surface area contributed by atoms with Crippen LogP contribution in [0.5, 0.6) is 17.2 Å². The second-order valence-electron chi connectivity index (χ2n) is 5.85. The Morgan fingerprint density at radius 1 is 1.04 bits per heavy atom. The molecule has 0 fully saturated rings. The van der Waals surface area contributed by atoms with Crippen LogP contribution in [0.15, 0.2) is 42.5 Å². The van der Waals surface area contributed by atoms with E-state index in [0.29, 0.717) is 29.4 Å². The van der Waals surface area contributed by atoms with Crippen molar-refractivity contribution in [3.05, 3.63) is 53.6 Å². The molecule has 0 aliphatic carbocycles. The number of carbonyl (C=O) groups is 3. The molecule has 0 atom stereocenters. The highest BCUT2D eigenvalue weighted by molar-refractivity contribution is 6.40. The number of amides is 1. The molecule has 140 valence electrons. The lowest BCUT2D eigenvalue weighted by Gasteiger charge is -2.06. The summed E-state index contributed by atoms with van der Waals surface area (Å²) in [5.41, 5.74) is 1.12. The summed E-state index contributed by atoms with van der Waals surface area (Å²) in [6.07, 6.45) is -0.485. The number of Topliss-reactive ketones (excluding diaryl/α,β-unsaturated/α-hetero) is 2. The molecule has 0 radical (unpaired) electrons. The molecule has 1 aliphatic heterocycles. The third-order valence-electron chi connectivity index (χ3n) is 3.95. The fourth-order valence-corrected chi connectivity index (χ4v) is 2.56. The van der Waals surface area contributed by atoms with E-state index >= 15 is 0 Å². The SMILES string of the molecule is CCOc1ccc(C(=O)CC(=O)C(=O)NCc2ccc3c(c2)OCO3)cc1. The lowest BCUT2D eigenvalue weighted by molar-refractivity contribution is -0.137. The van der Waals surface area contributed by atoms with Gasteiger partial charge >= 0.3 is 0 Å². The molecule has 1 aliphatic rings. The summed E-state index contributed by atoms with van der Waals surface area (Å²) in [7, 11) is 0. The van der Waals surface area contributed by atoms with Crippen LogP contribution in [-0.2, 0) is 16.1 Å². The molecule has 0 unspecified atom stereocenters. The van der Waals surface area contributed by atoms with Crippen molar-refractivity contribution in [3.63, 3.8) is 0 Å². The largest absolute Gasteiger partial charge is 0.494 e. The number of hydrogen-bond donors (Lipinski definition) is 1. The summed E-state index contributed by atoms with van der Waals surface area (Å²) < 4.78 is 15.8. The van der Waals surface area contributed by atoms with E-state index in [1.807, 2.05) is 6.92 Å². The molecule has 1 heterocycles. The molecule has 2 aromatic carbocycles. The molecule has 7 heteroatoms. The minimum Gasteiger partial charge on any atom is -0.494 e. The number of hydrogen-bond acceptors (Lipinski definition) is 6. The van der Waals surface area contributed by atoms with Gasteiger partial charge < -0.3 is 19.5 Å². The second-order valence-corrected chi connectivity index (χ2v) is 5.85. The van der Waals surface area contributed by atoms with Crippen LogP contribution in [-0.4, -0.2) is 30.9 Å². The van der Waals surface area contributed by atoms with Crippen LogP contribution >= 0.6 is 0 Å². The third-order valence-corrected chi connectivity index (χ3v) is 3.95. The molecule has 27 heavy (non-hydrogen) atoms. The van der Waals surface area contributed by atoms with Crippen molar-refractivity contribution in [1.29, 1.82) is 0 Å². The van der Waals surface area contributed by atoms with Gasteiger partial charge in [-0.15, -0.1) is 0 Å². The van der Waals surface area contributed by atoms with E-state index in [4.69, 9.17) is 14.2 Å². The zero-order valence-electron chi connectivity index (χ0n) is 14.8. The summed E-state index contributed by atoms with van der Waals surface area (Å²) in [4.78, 5) is 36.1. The highest BCUT2D eigenvalue weighted by Gasteiger charge is 2.19. The topological polar surface area (TPSA) is 90.9 Å². The van der Waals surface area contributed by atoms with Crippen LogP contribution in [0.25, 0.3) is 0 Å². The first-order valence-electron chi connectivity index (χ1n) is 8.52. The molecule has 0 aromatic heterocycles. The summed E-state index contributed by atoms with van der Waals surface area (Å²) in [5.74, 6) is -0.120. The standard InChI is InChI=1S/C20H19NO6/c1-2-25-15-6-4-14(5-7-15)16(22)10-17(23)20(24)21-11-13-3-8-18-19(9-13)27-12-26-18/h3-9H,2,10-12H2,1H3,(H,21,24). The maximum atomic E-state index is 12.2. The number of benzene rings is 2. The summed E-state index contributed by atoms with van der Waals surface area (Å²) in [6.45, 7) is 2.70. The van der Waals surface area contributed by atoms with E-state index in [9.17, 15) is 14.4 Å². The van der Waals surface area contributed by atoms with Crippen LogP contribution in [0.2, 0.25) is 0 Å². The average Bonchev–Trinajstić information content (AvgIpc) is 3.14. The predicted octanol–water partition coefficient (Wildman–Crippen LogP) is 2.27. The van der Waals surface area contributed by atoms with Crippen molar-refractivity contribution in [2.75, 3.05) is 13.4 Å². The smallest absolute Gasteiger partial charge is 0.288 e. The van der Waals surface area contributed by atoms with Gasteiger partial charge in [0.2, 0.25) is 12.6 Å². The summed E-state index contributed by atoms with van der Waals surface area (Å²) in [5, 5.41) is 2.52. The Morgan fingerprint density at radius 3 is 2.52 bits per heavy atom. The Bertz CT molecular complexity index is 859. The quantitative estimate of drug-likeness (QED) is 0.436. The molecule has 0 spiro atoms. The zero-order valence-corrected chi connectivity index (χ0v) is 14.8. The molecule has 7 nitrogen and oxygen atoms in total. The third kappa shape index (κ3) is 4.63. The van der Waals surface area contributed by atoms with Gasteiger partial charge in [-0.05, 0) is 48.9 Å². The molecular formula is C20H19NO6. The van der Waals surface area contributed by atoms with Crippen LogP contribution in [0, 0.1) is 0 Å². The molecule has 1 amide bonds. The molecule has 3 rings (SSSR count). The number of ketones is 2. The normalized spacial score (nSPS) is 11.7. The van der Waals surface area contributed by atoms with Gasteiger partial charge in [0.05, 0.1) is 13.0 Å². The summed E-state index contributed by atoms with van der Waals surface area (Å²) >= 11 is 0. The van der Waals surface area contributed by atoms with Gasteiger partial charge in [-0.3, -0.25) is 14.4 Å². The van der Waals surface area contributed by atoms with Gasteiger partial charge in [0.15, 0.2) is 17.3 Å². The first kappa shape index (κ1) is 18.4. The first-order chi connectivity index (χ1) is 13.1. The van der Waals surface area contributed by atoms with E-state index in [1.54, 1.807) is 42.5 Å². The maximum Gasteiger partial charge on any atom is 0.288 e. The molecule has 0 bridgehead atoms. The van der Waals surface area contributed by atoms with Crippen molar-refractivity contribution in [1.82, 2.24) is 5.32 Å². The highest BCUT2D eigenvalue weighted by Crippen LogP contribution is 2.32. The maximum absolute atomic E-state index is 12.2. The van der Waals surface area contributed by atoms with Gasteiger partial charge in [-0.1, -0.05) is 6.07 Å². The average molecular weight is 369 g/mol. The molecule has 0 saturated carbocycles. The van der Waals surface area contributed by atoms with Gasteiger partial charge in [-0.25, -0.2) is 0 Å². The lowest BCUT2D eigenvalue weighted by Crippen LogP contribution is -2.31. The van der Waals surface area contributed by atoms with E-state index in [-0.39, 0.29) is 13.3 Å². The lowest BCUT2D eigenvalue weighted by atomic mass is 10.1. The highest BCUT2D eigenvalue weighted by atomic mass is 16.7. The first-order valence-corrected chi connectivity index (χ1v) is 8.52. The number of carbonyl (C=O) groups excluding carboxylic acids is 3. The van der Waals surface area contributed by atoms with Crippen LogP contribution in [0.1, 0.15) is 29.3 Å². The van der Waals surface area contributed by atoms with Gasteiger partial charge in [0.25, 0.3) is 5.91 Å². The zero-order chi connectivity index (χ0) is 19.2. The van der Waals surface area contributed by atoms with Crippen LogP contribution in [0.4, 0.5) is 0 Å². The Morgan fingerprint density at radius 2 is 1.78 bits per heavy atom. The van der Waals surface area contributed by atoms with Crippen molar-refractivity contribution >= 4 is 17.5 Å². The van der Waals surface area contributed by atoms with E-state index in [2.05, 4.69) is 5.32 Å². The summed E-state index contributed by atoms with van der Waals surface area (Å²) in [6, 6.07) is 11.7. The van der Waals surface area contributed by atoms with Crippen molar-refractivity contribution in [3.8, 4) is 17.2 Å². The monoisotopic (exact) mass is 369 g/mol. The number of nitrogens with one attached hydrogen (secondary N) is 1. The Balaban J connectivity index is 1.51. The minimum absolute atomic E-state index is 0.151. The Hall–Kier alpha value is -3.35. The number of fused-ring (bicyclic) bond motifs is 1. The second kappa shape index (κ2) is 8.35. The molecular weight excluding hydrogens is 350 g/mol. The van der Waals surface area contributed by atoms with Crippen molar-refractivity contribution in [2.24, 2.45) is 0 Å². The van der Waals surface area contributed by atoms with Gasteiger partial charge in [0.1, 0.15) is 5.75 Å². The fourth-order valence-electron chi connectivity index (χ4n) is 2.56.